The number of unbranched alkanes of at least 4 members (excludes halogenated alkanes) is 4. The molecule has 0 radical (unpaired) electrons. The van der Waals surface area contributed by atoms with Gasteiger partial charge in [0.1, 0.15) is 5.75 Å². The number of nitrogens with one attached hydrogen (secondary N) is 3. The van der Waals surface area contributed by atoms with Gasteiger partial charge in [0, 0.05) is 28.7 Å². The van der Waals surface area contributed by atoms with Gasteiger partial charge < -0.3 is 20.7 Å². The van der Waals surface area contributed by atoms with Gasteiger partial charge in [0.2, 0.25) is 5.91 Å². The lowest BCUT2D eigenvalue weighted by molar-refractivity contribution is -0.114. The number of carbonyl (C=O) groups excluding carboxylic acids is 2. The molecule has 3 aromatic carbocycles. The van der Waals surface area contributed by atoms with E-state index in [2.05, 4.69) is 22.9 Å². The van der Waals surface area contributed by atoms with Crippen LogP contribution in [0.2, 0.25) is 0 Å². The van der Waals surface area contributed by atoms with E-state index in [9.17, 15) is 9.59 Å². The molecule has 0 heterocycles. The molecule has 6 heteroatoms. The average molecular weight is 460 g/mol. The van der Waals surface area contributed by atoms with Crippen LogP contribution in [0.15, 0.2) is 78.9 Å². The fourth-order valence-electron chi connectivity index (χ4n) is 3.45. The number of amides is 2. The van der Waals surface area contributed by atoms with E-state index in [0.29, 0.717) is 23.5 Å². The lowest BCUT2D eigenvalue weighted by atomic mass is 10.2. The fourth-order valence-corrected chi connectivity index (χ4v) is 3.45. The van der Waals surface area contributed by atoms with Gasteiger partial charge in [0.15, 0.2) is 0 Å². The number of hydrogen-bond donors (Lipinski definition) is 3. The molecule has 0 aromatic heterocycles. The molecule has 0 unspecified atom stereocenters. The van der Waals surface area contributed by atoms with Gasteiger partial charge in [-0.2, -0.15) is 0 Å². The lowest BCUT2D eigenvalue weighted by Crippen LogP contribution is -2.21. The topological polar surface area (TPSA) is 79.5 Å². The number of benzene rings is 3. The highest BCUT2D eigenvalue weighted by molar-refractivity contribution is 6.04. The van der Waals surface area contributed by atoms with Crippen LogP contribution in [0.25, 0.3) is 0 Å². The maximum Gasteiger partial charge on any atom is 0.255 e. The van der Waals surface area contributed by atoms with Crippen molar-refractivity contribution in [3.05, 3.63) is 84.4 Å². The van der Waals surface area contributed by atoms with Gasteiger partial charge in [-0.05, 0) is 48.9 Å². The smallest absolute Gasteiger partial charge is 0.255 e. The predicted molar refractivity (Wildman–Crippen MR) is 139 cm³/mol. The normalized spacial score (nSPS) is 10.4. The first-order valence-corrected chi connectivity index (χ1v) is 11.9. The first-order chi connectivity index (χ1) is 16.6. The maximum absolute atomic E-state index is 12.4. The summed E-state index contributed by atoms with van der Waals surface area (Å²) in [4.78, 5) is 24.8. The molecule has 3 rings (SSSR count). The van der Waals surface area contributed by atoms with Crippen LogP contribution < -0.4 is 20.7 Å². The number of carbonyl (C=O) groups is 2. The molecule has 0 bridgehead atoms. The molecule has 0 aliphatic rings. The molecular formula is C28H33N3O3. The van der Waals surface area contributed by atoms with E-state index in [1.807, 2.05) is 54.6 Å². The van der Waals surface area contributed by atoms with E-state index in [1.54, 1.807) is 24.3 Å². The zero-order valence-corrected chi connectivity index (χ0v) is 19.7. The average Bonchev–Trinajstić information content (AvgIpc) is 2.86. The zero-order valence-electron chi connectivity index (χ0n) is 19.7. The van der Waals surface area contributed by atoms with E-state index >= 15 is 0 Å². The molecule has 2 amide bonds. The van der Waals surface area contributed by atoms with Crippen LogP contribution in [-0.4, -0.2) is 25.0 Å². The van der Waals surface area contributed by atoms with Gasteiger partial charge in [0.05, 0.1) is 13.2 Å². The molecule has 0 saturated carbocycles. The third-order valence-corrected chi connectivity index (χ3v) is 5.24. The Labute approximate surface area is 201 Å². The highest BCUT2D eigenvalue weighted by Gasteiger charge is 2.07. The zero-order chi connectivity index (χ0) is 24.0. The molecule has 0 fully saturated rings. The summed E-state index contributed by atoms with van der Waals surface area (Å²) in [5.41, 5.74) is 2.67. The molecule has 0 aliphatic heterocycles. The minimum absolute atomic E-state index is 0.0958. The summed E-state index contributed by atoms with van der Waals surface area (Å²) in [5, 5.41) is 8.85. The van der Waals surface area contributed by atoms with E-state index < -0.39 is 0 Å². The van der Waals surface area contributed by atoms with Crippen LogP contribution in [0, 0.1) is 0 Å². The summed E-state index contributed by atoms with van der Waals surface area (Å²) >= 11 is 0. The number of hydrogen-bond acceptors (Lipinski definition) is 4. The molecule has 3 aromatic rings. The Balaban J connectivity index is 1.44. The SMILES string of the molecule is CCCCCCCOc1cccc(NC(=O)CNc2cccc(NC(=O)c3ccccc3)c2)c1. The largest absolute Gasteiger partial charge is 0.494 e. The van der Waals surface area contributed by atoms with E-state index in [-0.39, 0.29) is 18.4 Å². The van der Waals surface area contributed by atoms with Crippen molar-refractivity contribution in [2.75, 3.05) is 29.1 Å². The van der Waals surface area contributed by atoms with Gasteiger partial charge in [-0.15, -0.1) is 0 Å². The van der Waals surface area contributed by atoms with Crippen molar-refractivity contribution in [1.82, 2.24) is 0 Å². The molecular weight excluding hydrogens is 426 g/mol. The Bertz CT molecular complexity index is 1050. The first kappa shape index (κ1) is 24.8. The van der Waals surface area contributed by atoms with Crippen LogP contribution in [0.1, 0.15) is 49.4 Å². The van der Waals surface area contributed by atoms with Crippen LogP contribution in [0.3, 0.4) is 0 Å². The second kappa shape index (κ2) is 13.7. The molecule has 3 N–H and O–H groups in total. The minimum atomic E-state index is -0.182. The predicted octanol–water partition coefficient (Wildman–Crippen LogP) is 6.34. The third-order valence-electron chi connectivity index (χ3n) is 5.24. The summed E-state index contributed by atoms with van der Waals surface area (Å²) < 4.78 is 5.81. The molecule has 34 heavy (non-hydrogen) atoms. The van der Waals surface area contributed by atoms with Crippen LogP contribution >= 0.6 is 0 Å². The van der Waals surface area contributed by atoms with Gasteiger partial charge in [0.25, 0.3) is 5.91 Å². The van der Waals surface area contributed by atoms with Gasteiger partial charge >= 0.3 is 0 Å². The first-order valence-electron chi connectivity index (χ1n) is 11.9. The Morgan fingerprint density at radius 3 is 2.24 bits per heavy atom. The van der Waals surface area contributed by atoms with Crippen LogP contribution in [-0.2, 0) is 4.79 Å². The molecule has 0 spiro atoms. The van der Waals surface area contributed by atoms with Crippen molar-refractivity contribution in [3.63, 3.8) is 0 Å². The summed E-state index contributed by atoms with van der Waals surface area (Å²) in [5.74, 6) is 0.400. The Kier molecular flexibility index (Phi) is 9.99. The van der Waals surface area contributed by atoms with Gasteiger partial charge in [-0.3, -0.25) is 9.59 Å². The van der Waals surface area contributed by atoms with Crippen molar-refractivity contribution < 1.29 is 14.3 Å². The highest BCUT2D eigenvalue weighted by Crippen LogP contribution is 2.19. The fraction of sp³-hybridized carbons (Fsp3) is 0.286. The summed E-state index contributed by atoms with van der Waals surface area (Å²) in [6.45, 7) is 2.98. The summed E-state index contributed by atoms with van der Waals surface area (Å²) in [6.07, 6.45) is 5.94. The van der Waals surface area contributed by atoms with Crippen molar-refractivity contribution in [2.45, 2.75) is 39.0 Å². The van der Waals surface area contributed by atoms with E-state index in [0.717, 1.165) is 17.9 Å². The second-order valence-electron chi connectivity index (χ2n) is 8.09. The van der Waals surface area contributed by atoms with Crippen LogP contribution in [0.4, 0.5) is 17.1 Å². The molecule has 178 valence electrons. The Hall–Kier alpha value is -3.80. The summed E-state index contributed by atoms with van der Waals surface area (Å²) in [6, 6.07) is 23.7. The molecule has 0 atom stereocenters. The Morgan fingerprint density at radius 2 is 1.44 bits per heavy atom. The van der Waals surface area contributed by atoms with Crippen molar-refractivity contribution >= 4 is 28.9 Å². The van der Waals surface area contributed by atoms with E-state index in [4.69, 9.17) is 4.74 Å². The van der Waals surface area contributed by atoms with Crippen molar-refractivity contribution in [2.24, 2.45) is 0 Å². The highest BCUT2D eigenvalue weighted by atomic mass is 16.5. The lowest BCUT2D eigenvalue weighted by Gasteiger charge is -2.11. The van der Waals surface area contributed by atoms with Gasteiger partial charge in [-0.25, -0.2) is 0 Å². The summed E-state index contributed by atoms with van der Waals surface area (Å²) in [7, 11) is 0. The third kappa shape index (κ3) is 8.62. The molecule has 0 aliphatic carbocycles. The number of ether oxygens (including phenoxy) is 1. The molecule has 0 saturated heterocycles. The van der Waals surface area contributed by atoms with Crippen LogP contribution in [0.5, 0.6) is 5.75 Å². The number of rotatable bonds is 13. The van der Waals surface area contributed by atoms with E-state index in [1.165, 1.54) is 25.7 Å². The van der Waals surface area contributed by atoms with Crippen molar-refractivity contribution in [1.29, 1.82) is 0 Å². The monoisotopic (exact) mass is 459 g/mol. The Morgan fingerprint density at radius 1 is 0.735 bits per heavy atom. The minimum Gasteiger partial charge on any atom is -0.494 e. The second-order valence-corrected chi connectivity index (χ2v) is 8.09. The van der Waals surface area contributed by atoms with Crippen molar-refractivity contribution in [3.8, 4) is 5.75 Å². The quantitative estimate of drug-likeness (QED) is 0.261. The standard InChI is InChI=1S/C28H33N3O3/c1-2-3-4-5-9-18-34-26-17-11-16-25(20-26)30-27(32)21-29-23-14-10-15-24(19-23)31-28(33)22-12-7-6-8-13-22/h6-8,10-17,19-20,29H,2-5,9,18,21H2,1H3,(H,30,32)(H,31,33). The maximum atomic E-state index is 12.4. The number of anilines is 3. The van der Waals surface area contributed by atoms with Gasteiger partial charge in [-0.1, -0.05) is 62.9 Å². The molecule has 6 nitrogen and oxygen atoms in total.